The highest BCUT2D eigenvalue weighted by Crippen LogP contribution is 2.26. The zero-order valence-electron chi connectivity index (χ0n) is 13.2. The highest BCUT2D eigenvalue weighted by atomic mass is 16.3. The van der Waals surface area contributed by atoms with Gasteiger partial charge in [0, 0.05) is 36.5 Å². The van der Waals surface area contributed by atoms with Crippen LogP contribution in [0.4, 0.5) is 0 Å². The Balaban J connectivity index is 1.72. The van der Waals surface area contributed by atoms with Gasteiger partial charge in [-0.25, -0.2) is 0 Å². The van der Waals surface area contributed by atoms with Gasteiger partial charge in [0.2, 0.25) is 0 Å². The maximum Gasteiger partial charge on any atom is 0.134 e. The fourth-order valence-electron chi connectivity index (χ4n) is 3.38. The summed E-state index contributed by atoms with van der Waals surface area (Å²) in [5.74, 6) is 1.13. The summed E-state index contributed by atoms with van der Waals surface area (Å²) in [6.45, 7) is 8.93. The molecular weight excluding hydrogens is 260 g/mol. The molecule has 1 aromatic carbocycles. The number of rotatable bonds is 5. The molecular formula is C18H26N2O. The number of hydrogen-bond donors (Lipinski definition) is 1. The first-order valence-electron chi connectivity index (χ1n) is 8.26. The highest BCUT2D eigenvalue weighted by Gasteiger charge is 2.19. The second-order valence-corrected chi connectivity index (χ2v) is 5.97. The molecule has 114 valence electrons. The van der Waals surface area contributed by atoms with Gasteiger partial charge in [-0.1, -0.05) is 32.0 Å². The second-order valence-electron chi connectivity index (χ2n) is 5.97. The number of benzene rings is 1. The van der Waals surface area contributed by atoms with E-state index in [1.807, 2.05) is 6.07 Å². The summed E-state index contributed by atoms with van der Waals surface area (Å²) >= 11 is 0. The van der Waals surface area contributed by atoms with Gasteiger partial charge < -0.3 is 14.6 Å². The van der Waals surface area contributed by atoms with Gasteiger partial charge in [0.25, 0.3) is 0 Å². The molecule has 1 unspecified atom stereocenters. The summed E-state index contributed by atoms with van der Waals surface area (Å²) < 4.78 is 5.98. The third-order valence-corrected chi connectivity index (χ3v) is 4.62. The largest absolute Gasteiger partial charge is 0.461 e. The molecule has 3 rings (SSSR count). The van der Waals surface area contributed by atoms with E-state index in [0.717, 1.165) is 30.9 Å². The monoisotopic (exact) mass is 286 g/mol. The van der Waals surface area contributed by atoms with Gasteiger partial charge in [0.15, 0.2) is 0 Å². The zero-order chi connectivity index (χ0) is 14.7. The minimum Gasteiger partial charge on any atom is -0.461 e. The summed E-state index contributed by atoms with van der Waals surface area (Å²) in [7, 11) is 0. The molecule has 1 fully saturated rings. The molecule has 3 heteroatoms. The van der Waals surface area contributed by atoms with Gasteiger partial charge >= 0.3 is 0 Å². The number of aryl methyl sites for hydroxylation is 1. The number of fused-ring (bicyclic) bond motifs is 1. The number of likely N-dealkylation sites (tertiary alicyclic amines) is 1. The van der Waals surface area contributed by atoms with Crippen LogP contribution in [0.2, 0.25) is 0 Å². The Kier molecular flexibility index (Phi) is 4.61. The summed E-state index contributed by atoms with van der Waals surface area (Å²) in [6.07, 6.45) is 3.55. The molecule has 2 heterocycles. The van der Waals surface area contributed by atoms with Crippen molar-refractivity contribution >= 4 is 11.0 Å². The van der Waals surface area contributed by atoms with Crippen LogP contribution in [0.5, 0.6) is 0 Å². The Morgan fingerprint density at radius 2 is 2.14 bits per heavy atom. The maximum atomic E-state index is 5.98. The lowest BCUT2D eigenvalue weighted by Gasteiger charge is -2.32. The van der Waals surface area contributed by atoms with E-state index in [1.54, 1.807) is 0 Å². The summed E-state index contributed by atoms with van der Waals surface area (Å²) in [5.41, 5.74) is 2.37. The van der Waals surface area contributed by atoms with Crippen molar-refractivity contribution in [1.29, 1.82) is 0 Å². The molecule has 0 bridgehead atoms. The molecule has 0 radical (unpaired) electrons. The standard InChI is InChI=1S/C18H26N2O/c1-3-17-16(15-9-5-6-10-18(15)21-17)12-19-14-8-7-11-20(4-2)13-14/h5-6,9-10,14,19H,3-4,7-8,11-13H2,1-2H3. The highest BCUT2D eigenvalue weighted by molar-refractivity contribution is 5.82. The quantitative estimate of drug-likeness (QED) is 0.911. The fraction of sp³-hybridized carbons (Fsp3) is 0.556. The Morgan fingerprint density at radius 1 is 1.29 bits per heavy atom. The fourth-order valence-corrected chi connectivity index (χ4v) is 3.38. The molecule has 0 amide bonds. The van der Waals surface area contributed by atoms with Crippen LogP contribution in [-0.4, -0.2) is 30.6 Å². The van der Waals surface area contributed by atoms with Gasteiger partial charge in [-0.3, -0.25) is 0 Å². The van der Waals surface area contributed by atoms with Crippen molar-refractivity contribution in [2.75, 3.05) is 19.6 Å². The van der Waals surface area contributed by atoms with E-state index < -0.39 is 0 Å². The van der Waals surface area contributed by atoms with E-state index >= 15 is 0 Å². The van der Waals surface area contributed by atoms with Crippen LogP contribution in [0.15, 0.2) is 28.7 Å². The van der Waals surface area contributed by atoms with E-state index in [9.17, 15) is 0 Å². The van der Waals surface area contributed by atoms with Crippen LogP contribution in [0.1, 0.15) is 38.0 Å². The molecule has 1 saturated heterocycles. The zero-order valence-corrected chi connectivity index (χ0v) is 13.2. The van der Waals surface area contributed by atoms with Crippen LogP contribution < -0.4 is 5.32 Å². The number of para-hydroxylation sites is 1. The molecule has 0 saturated carbocycles. The lowest BCUT2D eigenvalue weighted by atomic mass is 10.0. The molecule has 2 aromatic rings. The van der Waals surface area contributed by atoms with E-state index in [1.165, 1.54) is 36.9 Å². The first-order chi connectivity index (χ1) is 10.3. The van der Waals surface area contributed by atoms with Crippen molar-refractivity contribution in [1.82, 2.24) is 10.2 Å². The van der Waals surface area contributed by atoms with Gasteiger partial charge in [-0.15, -0.1) is 0 Å². The summed E-state index contributed by atoms with van der Waals surface area (Å²) in [6, 6.07) is 8.99. The van der Waals surface area contributed by atoms with Gasteiger partial charge in [0.1, 0.15) is 11.3 Å². The SMILES string of the molecule is CCc1oc2ccccc2c1CNC1CCCN(CC)C1. The van der Waals surface area contributed by atoms with Gasteiger partial charge in [-0.2, -0.15) is 0 Å². The van der Waals surface area contributed by atoms with E-state index in [2.05, 4.69) is 42.3 Å². The molecule has 3 nitrogen and oxygen atoms in total. The normalized spacial score (nSPS) is 20.2. The third-order valence-electron chi connectivity index (χ3n) is 4.62. The van der Waals surface area contributed by atoms with Gasteiger partial charge in [0.05, 0.1) is 0 Å². The summed E-state index contributed by atoms with van der Waals surface area (Å²) in [5, 5.41) is 5.02. The van der Waals surface area contributed by atoms with Crippen LogP contribution in [0.25, 0.3) is 11.0 Å². The molecule has 0 spiro atoms. The van der Waals surface area contributed by atoms with Crippen molar-refractivity contribution in [3.63, 3.8) is 0 Å². The number of furan rings is 1. The number of nitrogens with zero attached hydrogens (tertiary/aromatic N) is 1. The van der Waals surface area contributed by atoms with Crippen LogP contribution >= 0.6 is 0 Å². The predicted molar refractivity (Wildman–Crippen MR) is 87.6 cm³/mol. The molecule has 1 aliphatic rings. The topological polar surface area (TPSA) is 28.4 Å². The van der Waals surface area contributed by atoms with E-state index in [0.29, 0.717) is 6.04 Å². The van der Waals surface area contributed by atoms with E-state index in [-0.39, 0.29) is 0 Å². The average Bonchev–Trinajstić information content (AvgIpc) is 2.91. The molecule has 0 aliphatic carbocycles. The van der Waals surface area contributed by atoms with Crippen molar-refractivity contribution < 1.29 is 4.42 Å². The number of piperidine rings is 1. The van der Waals surface area contributed by atoms with Crippen molar-refractivity contribution in [3.8, 4) is 0 Å². The first kappa shape index (κ1) is 14.6. The number of hydrogen-bond acceptors (Lipinski definition) is 3. The molecule has 1 atom stereocenters. The third kappa shape index (κ3) is 3.14. The second kappa shape index (κ2) is 6.63. The lowest BCUT2D eigenvalue weighted by Crippen LogP contribution is -2.45. The Labute approximate surface area is 127 Å². The van der Waals surface area contributed by atoms with E-state index in [4.69, 9.17) is 4.42 Å². The molecule has 1 aromatic heterocycles. The minimum atomic E-state index is 0.608. The van der Waals surface area contributed by atoms with Crippen LogP contribution in [0, 0.1) is 0 Å². The Bertz CT molecular complexity index is 590. The number of likely N-dealkylation sites (N-methyl/N-ethyl adjacent to an activating group) is 1. The predicted octanol–water partition coefficient (Wildman–Crippen LogP) is 3.57. The van der Waals surface area contributed by atoms with Crippen molar-refractivity contribution in [2.45, 2.75) is 45.7 Å². The average molecular weight is 286 g/mol. The molecule has 1 N–H and O–H groups in total. The van der Waals surface area contributed by atoms with Gasteiger partial charge in [-0.05, 0) is 32.0 Å². The van der Waals surface area contributed by atoms with Crippen LogP contribution in [0.3, 0.4) is 0 Å². The van der Waals surface area contributed by atoms with Crippen LogP contribution in [-0.2, 0) is 13.0 Å². The summed E-state index contributed by atoms with van der Waals surface area (Å²) in [4.78, 5) is 2.54. The molecule has 21 heavy (non-hydrogen) atoms. The molecule has 1 aliphatic heterocycles. The number of nitrogens with one attached hydrogen (secondary N) is 1. The lowest BCUT2D eigenvalue weighted by molar-refractivity contribution is 0.198. The maximum absolute atomic E-state index is 5.98. The van der Waals surface area contributed by atoms with Crippen molar-refractivity contribution in [2.24, 2.45) is 0 Å². The van der Waals surface area contributed by atoms with Crippen molar-refractivity contribution in [3.05, 3.63) is 35.6 Å². The Hall–Kier alpha value is -1.32. The smallest absolute Gasteiger partial charge is 0.134 e. The minimum absolute atomic E-state index is 0.608. The Morgan fingerprint density at radius 3 is 2.95 bits per heavy atom. The first-order valence-corrected chi connectivity index (χ1v) is 8.26.